The lowest BCUT2D eigenvalue weighted by molar-refractivity contribution is -0.137. The molecule has 1 aromatic heterocycles. The zero-order valence-electron chi connectivity index (χ0n) is 18.2. The fraction of sp³-hybridized carbons (Fsp3) is 0.840. The number of rotatable bonds is 3. The first-order valence-electron chi connectivity index (χ1n) is 12.6. The molecule has 0 bridgehead atoms. The highest BCUT2D eigenvalue weighted by atomic mass is 16.5. The smallest absolute Gasteiger partial charge is 0.226 e. The second-order valence-corrected chi connectivity index (χ2v) is 9.78. The molecule has 29 heavy (non-hydrogen) atoms. The number of aromatic nitrogens is 1. The summed E-state index contributed by atoms with van der Waals surface area (Å²) < 4.78 is 5.87. The maximum atomic E-state index is 13.3. The summed E-state index contributed by atoms with van der Waals surface area (Å²) >= 11 is 0. The molecule has 1 atom stereocenters. The number of carbonyl (C=O) groups is 1. The van der Waals surface area contributed by atoms with Crippen LogP contribution in [0.25, 0.3) is 0 Å². The van der Waals surface area contributed by atoms with E-state index in [-0.39, 0.29) is 12.0 Å². The Labute approximate surface area is 176 Å². The lowest BCUT2D eigenvalue weighted by Crippen LogP contribution is -2.36. The van der Waals surface area contributed by atoms with Gasteiger partial charge in [-0.2, -0.15) is 0 Å². The van der Waals surface area contributed by atoms with Crippen molar-refractivity contribution < 1.29 is 9.32 Å². The van der Waals surface area contributed by atoms with Crippen LogP contribution >= 0.6 is 0 Å². The van der Waals surface area contributed by atoms with E-state index in [0.29, 0.717) is 11.8 Å². The van der Waals surface area contributed by atoms with Gasteiger partial charge < -0.3 is 9.42 Å². The highest BCUT2D eigenvalue weighted by Gasteiger charge is 2.36. The molecule has 1 saturated heterocycles. The number of likely N-dealkylation sites (tertiary alicyclic amines) is 1. The topological polar surface area (TPSA) is 46.3 Å². The van der Waals surface area contributed by atoms with E-state index in [2.05, 4.69) is 16.1 Å². The molecular weight excluding hydrogens is 360 g/mol. The normalized spacial score (nSPS) is 26.3. The summed E-state index contributed by atoms with van der Waals surface area (Å²) in [5, 5.41) is 4.51. The van der Waals surface area contributed by atoms with Gasteiger partial charge in [0.2, 0.25) is 5.91 Å². The number of hydrogen-bond donors (Lipinski definition) is 0. The third-order valence-electron chi connectivity index (χ3n) is 7.64. The first kappa shape index (κ1) is 20.9. The Kier molecular flexibility index (Phi) is 7.67. The van der Waals surface area contributed by atoms with Gasteiger partial charge in [0.1, 0.15) is 0 Å². The molecule has 0 aromatic carbocycles. The molecule has 162 valence electrons. The molecule has 4 rings (SSSR count). The van der Waals surface area contributed by atoms with Crippen LogP contribution < -0.4 is 0 Å². The van der Waals surface area contributed by atoms with Gasteiger partial charge in [0.25, 0.3) is 0 Å². The van der Waals surface area contributed by atoms with Crippen molar-refractivity contribution in [3.8, 4) is 0 Å². The maximum Gasteiger partial charge on any atom is 0.226 e. The van der Waals surface area contributed by atoms with Gasteiger partial charge in [-0.25, -0.2) is 0 Å². The first-order valence-corrected chi connectivity index (χ1v) is 12.6. The summed E-state index contributed by atoms with van der Waals surface area (Å²) in [4.78, 5) is 15.5. The van der Waals surface area contributed by atoms with Gasteiger partial charge in [0.05, 0.1) is 11.7 Å². The van der Waals surface area contributed by atoms with Gasteiger partial charge >= 0.3 is 0 Å². The molecule has 3 aliphatic rings. The highest BCUT2D eigenvalue weighted by molar-refractivity contribution is 5.79. The molecule has 4 heteroatoms. The molecule has 0 spiro atoms. The second kappa shape index (κ2) is 10.6. The van der Waals surface area contributed by atoms with Gasteiger partial charge in [-0.15, -0.1) is 0 Å². The molecule has 2 saturated carbocycles. The van der Waals surface area contributed by atoms with Gasteiger partial charge in [-0.3, -0.25) is 4.79 Å². The van der Waals surface area contributed by atoms with Crippen molar-refractivity contribution in [1.82, 2.24) is 10.1 Å². The summed E-state index contributed by atoms with van der Waals surface area (Å²) in [6, 6.07) is 2.32. The summed E-state index contributed by atoms with van der Waals surface area (Å²) in [6.45, 7) is 0.888. The molecule has 0 radical (unpaired) electrons. The number of amides is 1. The number of hydrogen-bond acceptors (Lipinski definition) is 3. The zero-order valence-corrected chi connectivity index (χ0v) is 18.2. The Hall–Kier alpha value is -1.32. The van der Waals surface area contributed by atoms with Gasteiger partial charge in [0, 0.05) is 24.4 Å². The second-order valence-electron chi connectivity index (χ2n) is 9.78. The zero-order chi connectivity index (χ0) is 19.9. The molecule has 2 heterocycles. The van der Waals surface area contributed by atoms with Gasteiger partial charge in [0.15, 0.2) is 5.76 Å². The predicted octanol–water partition coefficient (Wildman–Crippen LogP) is 6.92. The Bertz CT molecular complexity index is 623. The average molecular weight is 401 g/mol. The number of nitrogens with zero attached hydrogens (tertiary/aromatic N) is 2. The Morgan fingerprint density at radius 2 is 1.38 bits per heavy atom. The summed E-state index contributed by atoms with van der Waals surface area (Å²) in [5.74, 6) is 2.10. The molecule has 0 unspecified atom stereocenters. The Morgan fingerprint density at radius 3 is 2.03 bits per heavy atom. The van der Waals surface area contributed by atoms with Crippen LogP contribution in [0.2, 0.25) is 0 Å². The van der Waals surface area contributed by atoms with Crippen molar-refractivity contribution in [2.45, 2.75) is 121 Å². The van der Waals surface area contributed by atoms with Crippen molar-refractivity contribution in [2.75, 3.05) is 6.54 Å². The van der Waals surface area contributed by atoms with E-state index in [9.17, 15) is 4.79 Å². The minimum absolute atomic E-state index is 0.116. The fourth-order valence-electron chi connectivity index (χ4n) is 5.85. The standard InChI is InChI=1S/C25H40N2O2/c28-25(21-15-10-6-3-7-11-16-21)27-18-12-17-23(27)24-19-22(26-29-24)20-13-8-4-1-2-5-9-14-20/h19-21,23H,1-18H2/t23-/m0/s1. The minimum atomic E-state index is 0.116. The van der Waals surface area contributed by atoms with Crippen LogP contribution in [-0.2, 0) is 4.79 Å². The molecule has 3 fully saturated rings. The van der Waals surface area contributed by atoms with Crippen molar-refractivity contribution in [1.29, 1.82) is 0 Å². The van der Waals surface area contributed by atoms with Crippen LogP contribution in [0.4, 0.5) is 0 Å². The van der Waals surface area contributed by atoms with E-state index in [0.717, 1.165) is 43.7 Å². The van der Waals surface area contributed by atoms with E-state index >= 15 is 0 Å². The fourth-order valence-corrected chi connectivity index (χ4v) is 5.85. The van der Waals surface area contributed by atoms with Crippen LogP contribution in [0.5, 0.6) is 0 Å². The van der Waals surface area contributed by atoms with Gasteiger partial charge in [-0.1, -0.05) is 75.8 Å². The molecule has 0 N–H and O–H groups in total. The van der Waals surface area contributed by atoms with Crippen molar-refractivity contribution in [2.24, 2.45) is 5.92 Å². The Balaban J connectivity index is 1.42. The average Bonchev–Trinajstić information content (AvgIpc) is 3.38. The summed E-state index contributed by atoms with van der Waals surface area (Å²) in [7, 11) is 0. The van der Waals surface area contributed by atoms with E-state index in [1.165, 1.54) is 83.5 Å². The summed E-state index contributed by atoms with van der Waals surface area (Å²) in [6.07, 6.45) is 21.2. The quantitative estimate of drug-likeness (QED) is 0.553. The van der Waals surface area contributed by atoms with E-state index in [1.807, 2.05) is 0 Å². The van der Waals surface area contributed by atoms with Gasteiger partial charge in [-0.05, 0) is 38.5 Å². The van der Waals surface area contributed by atoms with Crippen molar-refractivity contribution >= 4 is 5.91 Å². The third-order valence-corrected chi connectivity index (χ3v) is 7.64. The van der Waals surface area contributed by atoms with Crippen LogP contribution in [-0.4, -0.2) is 22.5 Å². The third kappa shape index (κ3) is 5.44. The van der Waals surface area contributed by atoms with E-state index < -0.39 is 0 Å². The van der Waals surface area contributed by atoms with Crippen LogP contribution in [0.15, 0.2) is 10.6 Å². The van der Waals surface area contributed by atoms with Crippen molar-refractivity contribution in [3.05, 3.63) is 17.5 Å². The van der Waals surface area contributed by atoms with Crippen LogP contribution in [0.3, 0.4) is 0 Å². The lowest BCUT2D eigenvalue weighted by atomic mass is 9.90. The van der Waals surface area contributed by atoms with Crippen LogP contribution in [0.1, 0.15) is 133 Å². The monoisotopic (exact) mass is 400 g/mol. The number of carbonyl (C=O) groups excluding carboxylic acids is 1. The molecule has 4 nitrogen and oxygen atoms in total. The molecule has 1 amide bonds. The molecular formula is C25H40N2O2. The Morgan fingerprint density at radius 1 is 0.793 bits per heavy atom. The summed E-state index contributed by atoms with van der Waals surface area (Å²) in [5.41, 5.74) is 1.15. The minimum Gasteiger partial charge on any atom is -0.359 e. The van der Waals surface area contributed by atoms with E-state index in [4.69, 9.17) is 4.52 Å². The molecule has 1 aromatic rings. The maximum absolute atomic E-state index is 13.3. The SMILES string of the molecule is O=C(C1CCCCCCC1)N1CCC[C@H]1c1cc(C2CCCCCCCC2)no1. The predicted molar refractivity (Wildman–Crippen MR) is 116 cm³/mol. The largest absolute Gasteiger partial charge is 0.359 e. The van der Waals surface area contributed by atoms with E-state index in [1.54, 1.807) is 0 Å². The first-order chi connectivity index (χ1) is 14.3. The van der Waals surface area contributed by atoms with Crippen molar-refractivity contribution in [3.63, 3.8) is 0 Å². The van der Waals surface area contributed by atoms with Crippen LogP contribution in [0, 0.1) is 5.92 Å². The lowest BCUT2D eigenvalue weighted by Gasteiger charge is -2.28. The molecule has 1 aliphatic heterocycles. The molecule has 2 aliphatic carbocycles. The highest BCUT2D eigenvalue weighted by Crippen LogP contribution is 2.37.